The summed E-state index contributed by atoms with van der Waals surface area (Å²) >= 11 is 0. The maximum atomic E-state index is 12.1. The Morgan fingerprint density at radius 3 is 1.36 bits per heavy atom. The Balaban J connectivity index is 1.19. The van der Waals surface area contributed by atoms with Gasteiger partial charge in [0.1, 0.15) is 11.5 Å². The Morgan fingerprint density at radius 2 is 1.02 bits per heavy atom. The van der Waals surface area contributed by atoms with Crippen molar-refractivity contribution < 1.29 is 47.7 Å². The average Bonchev–Trinajstić information content (AvgIpc) is 3.73. The van der Waals surface area contributed by atoms with Gasteiger partial charge in [0.25, 0.3) is 11.8 Å². The van der Waals surface area contributed by atoms with Gasteiger partial charge in [0.15, 0.2) is 12.2 Å². The van der Waals surface area contributed by atoms with Crippen LogP contribution < -0.4 is 20.3 Å². The van der Waals surface area contributed by atoms with Crippen LogP contribution in [0.4, 0.5) is 0 Å². The predicted octanol–water partition coefficient (Wildman–Crippen LogP) is 1.63. The minimum Gasteiger partial charge on any atom is -0.457 e. The van der Waals surface area contributed by atoms with E-state index in [0.717, 1.165) is 0 Å². The lowest BCUT2D eigenvalue weighted by molar-refractivity contribution is -0.146. The Labute approximate surface area is 236 Å². The minimum absolute atomic E-state index is 0.0442. The second-order valence-corrected chi connectivity index (χ2v) is 8.23. The molecule has 0 aliphatic rings. The van der Waals surface area contributed by atoms with E-state index in [9.17, 15) is 29.4 Å². The van der Waals surface area contributed by atoms with E-state index < -0.39 is 36.0 Å². The van der Waals surface area contributed by atoms with Gasteiger partial charge in [0, 0.05) is 0 Å². The zero-order chi connectivity index (χ0) is 29.9. The van der Waals surface area contributed by atoms with E-state index in [1.165, 1.54) is 85.6 Å². The summed E-state index contributed by atoms with van der Waals surface area (Å²) in [7, 11) is 0. The minimum atomic E-state index is -2.15. The fourth-order valence-electron chi connectivity index (χ4n) is 3.11. The van der Waals surface area contributed by atoms with Gasteiger partial charge < -0.3 is 28.5 Å². The number of rotatable bonds is 11. The van der Waals surface area contributed by atoms with Crippen molar-refractivity contribution in [3.8, 4) is 11.5 Å². The number of carbonyl (C=O) groups excluding carboxylic acids is 4. The summed E-state index contributed by atoms with van der Waals surface area (Å²) in [5.74, 6) is -3.07. The number of hydrogen-bond donors (Lipinski definition) is 4. The zero-order valence-corrected chi connectivity index (χ0v) is 21.4. The number of benzene rings is 2. The van der Waals surface area contributed by atoms with Crippen molar-refractivity contribution in [3.63, 3.8) is 0 Å². The van der Waals surface area contributed by atoms with Crippen LogP contribution in [0.5, 0.6) is 11.5 Å². The largest absolute Gasteiger partial charge is 0.457 e. The molecule has 4 rings (SSSR count). The molecule has 0 aliphatic heterocycles. The van der Waals surface area contributed by atoms with E-state index in [1.54, 1.807) is 12.1 Å². The fraction of sp³-hybridized carbons (Fsp3) is 0.0714. The van der Waals surface area contributed by atoms with Crippen LogP contribution in [-0.4, -0.2) is 58.6 Å². The molecule has 214 valence electrons. The summed E-state index contributed by atoms with van der Waals surface area (Å²) < 4.78 is 20.2. The Morgan fingerprint density at radius 1 is 0.643 bits per heavy atom. The number of aliphatic hydroxyl groups excluding tert-OH is 2. The number of aliphatic hydroxyl groups is 2. The van der Waals surface area contributed by atoms with Gasteiger partial charge in [0.05, 0.1) is 25.0 Å². The molecule has 0 spiro atoms. The van der Waals surface area contributed by atoms with E-state index in [2.05, 4.69) is 10.2 Å². The number of esters is 2. The smallest absolute Gasteiger partial charge is 0.379 e. The average molecular weight is 575 g/mol. The topological polar surface area (TPSA) is 202 Å². The molecule has 42 heavy (non-hydrogen) atoms. The van der Waals surface area contributed by atoms with Gasteiger partial charge in [-0.25, -0.2) is 20.4 Å². The molecule has 4 N–H and O–H groups in total. The normalized spacial score (nSPS) is 12.5. The SMILES string of the molecule is O=C(Oc1ccc(/C=N\NC(=O)[C@@H](O)[C@@H](O)C(=O)N/N=C\c2ccc(OC(=O)c3ccco3)cc2)cc1)c1ccco1. The number of amides is 2. The number of hydrazone groups is 2. The summed E-state index contributed by atoms with van der Waals surface area (Å²) in [6.45, 7) is 0. The van der Waals surface area contributed by atoms with E-state index in [0.29, 0.717) is 11.1 Å². The van der Waals surface area contributed by atoms with Crippen LogP contribution in [0.2, 0.25) is 0 Å². The van der Waals surface area contributed by atoms with Gasteiger partial charge in [-0.15, -0.1) is 0 Å². The lowest BCUT2D eigenvalue weighted by atomic mass is 10.2. The lowest BCUT2D eigenvalue weighted by Gasteiger charge is -2.14. The molecule has 0 radical (unpaired) electrons. The monoisotopic (exact) mass is 574 g/mol. The van der Waals surface area contributed by atoms with Crippen molar-refractivity contribution in [3.05, 3.63) is 108 Å². The van der Waals surface area contributed by atoms with Crippen LogP contribution in [0.25, 0.3) is 0 Å². The standard InChI is InChI=1S/C28H22N4O10/c33-23(25(35)31-29-15-17-5-9-19(10-6-17)41-27(37)21-3-1-13-39-21)24(34)26(36)32-30-16-18-7-11-20(12-8-18)42-28(38)22-4-2-14-40-22/h1-16,23-24,33-34H,(H,31,35)(H,32,36)/b29-15-,30-16-/t23-,24+. The van der Waals surface area contributed by atoms with Crippen LogP contribution in [0, 0.1) is 0 Å². The number of furan rings is 2. The Kier molecular flexibility index (Phi) is 9.69. The van der Waals surface area contributed by atoms with Gasteiger partial charge in [-0.3, -0.25) is 9.59 Å². The third-order valence-electron chi connectivity index (χ3n) is 5.24. The highest BCUT2D eigenvalue weighted by atomic mass is 16.6. The van der Waals surface area contributed by atoms with Crippen LogP contribution in [0.15, 0.2) is 104 Å². The van der Waals surface area contributed by atoms with Crippen LogP contribution in [0.1, 0.15) is 32.2 Å². The molecule has 0 saturated heterocycles. The number of nitrogens with zero attached hydrogens (tertiary/aromatic N) is 2. The third-order valence-corrected chi connectivity index (χ3v) is 5.24. The van der Waals surface area contributed by atoms with Crippen molar-refractivity contribution in [1.82, 2.24) is 10.9 Å². The van der Waals surface area contributed by atoms with Crippen LogP contribution in [0.3, 0.4) is 0 Å². The van der Waals surface area contributed by atoms with Crippen molar-refractivity contribution in [2.24, 2.45) is 10.2 Å². The van der Waals surface area contributed by atoms with Gasteiger partial charge in [-0.2, -0.15) is 10.2 Å². The van der Waals surface area contributed by atoms with E-state index in [4.69, 9.17) is 18.3 Å². The van der Waals surface area contributed by atoms with Crippen LogP contribution >= 0.6 is 0 Å². The molecule has 2 heterocycles. The number of carbonyl (C=O) groups is 4. The maximum absolute atomic E-state index is 12.1. The molecule has 0 unspecified atom stereocenters. The van der Waals surface area contributed by atoms with Crippen molar-refractivity contribution >= 4 is 36.2 Å². The summed E-state index contributed by atoms with van der Waals surface area (Å²) in [6.07, 6.45) is 0.839. The number of hydrogen-bond acceptors (Lipinski definition) is 12. The molecule has 2 aromatic carbocycles. The van der Waals surface area contributed by atoms with E-state index >= 15 is 0 Å². The first-order valence-electron chi connectivity index (χ1n) is 12.0. The van der Waals surface area contributed by atoms with E-state index in [-0.39, 0.29) is 23.0 Å². The first kappa shape index (κ1) is 29.1. The highest BCUT2D eigenvalue weighted by Crippen LogP contribution is 2.15. The molecular weight excluding hydrogens is 552 g/mol. The molecular formula is C28H22N4O10. The highest BCUT2D eigenvalue weighted by Gasteiger charge is 2.30. The van der Waals surface area contributed by atoms with Crippen molar-refractivity contribution in [1.29, 1.82) is 0 Å². The molecule has 0 aliphatic carbocycles. The van der Waals surface area contributed by atoms with Gasteiger partial charge >= 0.3 is 11.9 Å². The molecule has 2 amide bonds. The molecule has 2 aromatic heterocycles. The summed E-state index contributed by atoms with van der Waals surface area (Å²) in [5.41, 5.74) is 5.01. The summed E-state index contributed by atoms with van der Waals surface area (Å²) in [4.78, 5) is 47.9. The maximum Gasteiger partial charge on any atom is 0.379 e. The molecule has 4 aromatic rings. The Hall–Kier alpha value is -5.86. The van der Waals surface area contributed by atoms with E-state index in [1.807, 2.05) is 10.9 Å². The van der Waals surface area contributed by atoms with Gasteiger partial charge in [0.2, 0.25) is 11.5 Å². The third kappa shape index (κ3) is 8.08. The first-order chi connectivity index (χ1) is 20.3. The molecule has 14 heteroatoms. The lowest BCUT2D eigenvalue weighted by Crippen LogP contribution is -2.47. The summed E-state index contributed by atoms with van der Waals surface area (Å²) in [5, 5.41) is 27.3. The van der Waals surface area contributed by atoms with Gasteiger partial charge in [-0.05, 0) is 83.9 Å². The van der Waals surface area contributed by atoms with Crippen LogP contribution in [-0.2, 0) is 9.59 Å². The first-order valence-corrected chi connectivity index (χ1v) is 12.0. The molecule has 2 atom stereocenters. The second-order valence-electron chi connectivity index (χ2n) is 8.23. The molecule has 14 nitrogen and oxygen atoms in total. The molecule has 0 fully saturated rings. The number of ether oxygens (including phenoxy) is 2. The van der Waals surface area contributed by atoms with Crippen molar-refractivity contribution in [2.75, 3.05) is 0 Å². The predicted molar refractivity (Wildman–Crippen MR) is 144 cm³/mol. The molecule has 0 saturated carbocycles. The fourth-order valence-corrected chi connectivity index (χ4v) is 3.11. The quantitative estimate of drug-likeness (QED) is 0.0882. The second kappa shape index (κ2) is 14.0. The summed E-state index contributed by atoms with van der Waals surface area (Å²) in [6, 6.07) is 18.1. The molecule has 0 bridgehead atoms. The zero-order valence-electron chi connectivity index (χ0n) is 21.4. The van der Waals surface area contributed by atoms with Crippen molar-refractivity contribution in [2.45, 2.75) is 12.2 Å². The van der Waals surface area contributed by atoms with Gasteiger partial charge in [-0.1, -0.05) is 0 Å². The number of nitrogens with one attached hydrogen (secondary N) is 2. The highest BCUT2D eigenvalue weighted by molar-refractivity contribution is 5.92. The Bertz CT molecular complexity index is 1440.